The van der Waals surface area contributed by atoms with Crippen LogP contribution in [0, 0.1) is 10.1 Å². The zero-order chi connectivity index (χ0) is 13.2. The molecule has 0 bridgehead atoms. The van der Waals surface area contributed by atoms with Gasteiger partial charge in [-0.25, -0.2) is 4.68 Å². The van der Waals surface area contributed by atoms with Crippen LogP contribution in [-0.2, 0) is 7.05 Å². The summed E-state index contributed by atoms with van der Waals surface area (Å²) in [5, 5.41) is 18.5. The van der Waals surface area contributed by atoms with Gasteiger partial charge in [0.2, 0.25) is 5.82 Å². The first-order valence-electron chi connectivity index (χ1n) is 5.13. The van der Waals surface area contributed by atoms with Gasteiger partial charge in [0.25, 0.3) is 0 Å². The molecule has 0 aliphatic rings. The van der Waals surface area contributed by atoms with Crippen LogP contribution >= 0.6 is 11.6 Å². The summed E-state index contributed by atoms with van der Waals surface area (Å²) in [6.07, 6.45) is 0. The lowest BCUT2D eigenvalue weighted by Crippen LogP contribution is -2.07. The molecule has 0 atom stereocenters. The molecule has 0 aromatic carbocycles. The molecule has 17 heavy (non-hydrogen) atoms. The lowest BCUT2D eigenvalue weighted by atomic mass is 10.1. The van der Waals surface area contributed by atoms with Gasteiger partial charge in [-0.05, 0) is 0 Å². The van der Waals surface area contributed by atoms with Gasteiger partial charge < -0.3 is 5.32 Å². The normalized spacial score (nSPS) is 10.6. The Labute approximate surface area is 104 Å². The lowest BCUT2D eigenvalue weighted by molar-refractivity contribution is -0.384. The molecule has 0 fully saturated rings. The van der Waals surface area contributed by atoms with Crippen LogP contribution in [0.2, 0.25) is 0 Å². The van der Waals surface area contributed by atoms with Crippen LogP contribution in [0.3, 0.4) is 0 Å². The molecule has 0 radical (unpaired) electrons. The summed E-state index contributed by atoms with van der Waals surface area (Å²) in [5.41, 5.74) is 0.459. The molecule has 1 N–H and O–H groups in total. The van der Waals surface area contributed by atoms with Crippen LogP contribution in [0.15, 0.2) is 11.6 Å². The van der Waals surface area contributed by atoms with Gasteiger partial charge in [0, 0.05) is 18.0 Å². The summed E-state index contributed by atoms with van der Waals surface area (Å²) in [6.45, 7) is 7.50. The first-order chi connectivity index (χ1) is 7.84. The smallest absolute Gasteiger partial charge is 0.334 e. The molecule has 0 aliphatic carbocycles. The van der Waals surface area contributed by atoms with Gasteiger partial charge in [-0.1, -0.05) is 32.0 Å². The summed E-state index contributed by atoms with van der Waals surface area (Å²) >= 11 is 5.62. The largest absolute Gasteiger partial charge is 0.360 e. The van der Waals surface area contributed by atoms with E-state index in [0.29, 0.717) is 16.5 Å². The first-order valence-corrected chi connectivity index (χ1v) is 5.50. The average Bonchev–Trinajstić information content (AvgIpc) is 2.52. The Kier molecular flexibility index (Phi) is 4.11. The fourth-order valence-corrected chi connectivity index (χ4v) is 1.55. The van der Waals surface area contributed by atoms with E-state index in [1.807, 2.05) is 13.8 Å². The van der Waals surface area contributed by atoms with E-state index < -0.39 is 4.92 Å². The van der Waals surface area contributed by atoms with Crippen LogP contribution in [0.5, 0.6) is 0 Å². The number of aryl methyl sites for hydroxylation is 1. The highest BCUT2D eigenvalue weighted by Gasteiger charge is 2.28. The molecular formula is C10H15ClN4O2. The van der Waals surface area contributed by atoms with Crippen LogP contribution in [-0.4, -0.2) is 21.2 Å². The highest BCUT2D eigenvalue weighted by Crippen LogP contribution is 2.32. The van der Waals surface area contributed by atoms with E-state index in [1.54, 1.807) is 7.05 Å². The Morgan fingerprint density at radius 2 is 2.29 bits per heavy atom. The number of halogens is 1. The van der Waals surface area contributed by atoms with Gasteiger partial charge in [-0.2, -0.15) is 5.10 Å². The van der Waals surface area contributed by atoms with Crippen molar-refractivity contribution in [3.05, 3.63) is 27.4 Å². The molecule has 1 aromatic rings. The fourth-order valence-electron chi connectivity index (χ4n) is 1.48. The van der Waals surface area contributed by atoms with Gasteiger partial charge in [0.1, 0.15) is 5.69 Å². The van der Waals surface area contributed by atoms with E-state index in [-0.39, 0.29) is 18.2 Å². The maximum atomic E-state index is 11.1. The third-order valence-electron chi connectivity index (χ3n) is 2.23. The predicted molar refractivity (Wildman–Crippen MR) is 67.4 cm³/mol. The molecule has 6 nitrogen and oxygen atoms in total. The second-order valence-electron chi connectivity index (χ2n) is 3.99. The molecular weight excluding hydrogens is 244 g/mol. The van der Waals surface area contributed by atoms with E-state index in [9.17, 15) is 10.1 Å². The van der Waals surface area contributed by atoms with Gasteiger partial charge in [-0.3, -0.25) is 10.1 Å². The maximum Gasteiger partial charge on any atom is 0.334 e. The van der Waals surface area contributed by atoms with E-state index in [2.05, 4.69) is 17.0 Å². The van der Waals surface area contributed by atoms with Crippen molar-refractivity contribution in [1.82, 2.24) is 9.78 Å². The highest BCUT2D eigenvalue weighted by molar-refractivity contribution is 6.29. The van der Waals surface area contributed by atoms with Crippen molar-refractivity contribution in [2.24, 2.45) is 7.05 Å². The standard InChI is InChI=1S/C10H15ClN4O2/c1-6(2)8-9(15(16)17)10(14(4)13-8)12-5-7(3)11/h6,12H,3,5H2,1-2,4H3. The number of nitrogens with zero attached hydrogens (tertiary/aromatic N) is 3. The second kappa shape index (κ2) is 5.18. The summed E-state index contributed by atoms with van der Waals surface area (Å²) in [7, 11) is 1.65. The zero-order valence-corrected chi connectivity index (χ0v) is 10.8. The molecule has 1 heterocycles. The zero-order valence-electron chi connectivity index (χ0n) is 10.0. The molecule has 0 spiro atoms. The molecule has 7 heteroatoms. The van der Waals surface area contributed by atoms with Crippen LogP contribution in [0.4, 0.5) is 11.5 Å². The number of hydrogen-bond acceptors (Lipinski definition) is 4. The molecule has 0 saturated heterocycles. The minimum atomic E-state index is -0.429. The number of rotatable bonds is 5. The Balaban J connectivity index is 3.18. The molecule has 0 aliphatic heterocycles. The Morgan fingerprint density at radius 3 is 2.71 bits per heavy atom. The minimum absolute atomic E-state index is 0.000386. The SMILES string of the molecule is C=C(Cl)CNc1c([N+](=O)[O-])c(C(C)C)nn1C. The van der Waals surface area contributed by atoms with Gasteiger partial charge >= 0.3 is 5.69 Å². The van der Waals surface area contributed by atoms with Crippen molar-refractivity contribution in [3.63, 3.8) is 0 Å². The molecule has 94 valence electrons. The Hall–Kier alpha value is -1.56. The number of anilines is 1. The van der Waals surface area contributed by atoms with E-state index in [4.69, 9.17) is 11.6 Å². The summed E-state index contributed by atoms with van der Waals surface area (Å²) in [6, 6.07) is 0. The van der Waals surface area contributed by atoms with E-state index in [0.717, 1.165) is 0 Å². The number of nitro groups is 1. The number of hydrogen-bond donors (Lipinski definition) is 1. The van der Waals surface area contributed by atoms with E-state index in [1.165, 1.54) is 4.68 Å². The topological polar surface area (TPSA) is 73.0 Å². The summed E-state index contributed by atoms with van der Waals surface area (Å²) < 4.78 is 1.45. The summed E-state index contributed by atoms with van der Waals surface area (Å²) in [4.78, 5) is 10.6. The second-order valence-corrected chi connectivity index (χ2v) is 4.52. The average molecular weight is 259 g/mol. The van der Waals surface area contributed by atoms with Crippen LogP contribution in [0.1, 0.15) is 25.5 Å². The van der Waals surface area contributed by atoms with Crippen molar-refractivity contribution >= 4 is 23.1 Å². The Bertz CT molecular complexity index is 453. The minimum Gasteiger partial charge on any atom is -0.360 e. The van der Waals surface area contributed by atoms with Crippen molar-refractivity contribution in [2.75, 3.05) is 11.9 Å². The van der Waals surface area contributed by atoms with Crippen LogP contribution in [0.25, 0.3) is 0 Å². The van der Waals surface area contributed by atoms with Crippen molar-refractivity contribution in [3.8, 4) is 0 Å². The van der Waals surface area contributed by atoms with Gasteiger partial charge in [-0.15, -0.1) is 0 Å². The highest BCUT2D eigenvalue weighted by atomic mass is 35.5. The van der Waals surface area contributed by atoms with Gasteiger partial charge in [0.05, 0.1) is 11.5 Å². The fraction of sp³-hybridized carbons (Fsp3) is 0.500. The maximum absolute atomic E-state index is 11.1. The molecule has 0 saturated carbocycles. The first kappa shape index (κ1) is 13.5. The number of nitrogens with one attached hydrogen (secondary N) is 1. The third-order valence-corrected chi connectivity index (χ3v) is 2.36. The summed E-state index contributed by atoms with van der Waals surface area (Å²) in [5.74, 6) is 0.330. The quantitative estimate of drug-likeness (QED) is 0.651. The van der Waals surface area contributed by atoms with Crippen molar-refractivity contribution in [2.45, 2.75) is 19.8 Å². The van der Waals surface area contributed by atoms with Crippen LogP contribution < -0.4 is 5.32 Å². The third kappa shape index (κ3) is 2.97. The predicted octanol–water partition coefficient (Wildman–Crippen LogP) is 2.62. The van der Waals surface area contributed by atoms with Gasteiger partial charge in [0.15, 0.2) is 0 Å². The molecule has 0 unspecified atom stereocenters. The molecule has 1 aromatic heterocycles. The molecule has 0 amide bonds. The lowest BCUT2D eigenvalue weighted by Gasteiger charge is -2.04. The van der Waals surface area contributed by atoms with Crippen molar-refractivity contribution < 1.29 is 4.92 Å². The Morgan fingerprint density at radius 1 is 1.71 bits per heavy atom. The number of aromatic nitrogens is 2. The monoisotopic (exact) mass is 258 g/mol. The molecule has 1 rings (SSSR count). The van der Waals surface area contributed by atoms with E-state index >= 15 is 0 Å². The van der Waals surface area contributed by atoms with Crippen molar-refractivity contribution in [1.29, 1.82) is 0 Å².